The number of hydrogen-bond acceptors (Lipinski definition) is 7. The molecule has 33 heavy (non-hydrogen) atoms. The molecule has 4 heterocycles. The van der Waals surface area contributed by atoms with Crippen molar-refractivity contribution in [2.75, 3.05) is 25.0 Å². The molecule has 1 fully saturated rings. The van der Waals surface area contributed by atoms with Gasteiger partial charge in [0.1, 0.15) is 0 Å². The number of hydrogen-bond donors (Lipinski definition) is 2. The number of likely N-dealkylation sites (tertiary alicyclic amines) is 1. The number of aromatic amines is 1. The van der Waals surface area contributed by atoms with E-state index in [-0.39, 0.29) is 11.4 Å². The van der Waals surface area contributed by atoms with E-state index in [0.717, 1.165) is 31.5 Å². The van der Waals surface area contributed by atoms with Crippen LogP contribution in [0, 0.1) is 11.3 Å². The molecule has 4 rings (SSSR count). The Morgan fingerprint density at radius 2 is 2.00 bits per heavy atom. The summed E-state index contributed by atoms with van der Waals surface area (Å²) in [4.78, 5) is 23.7. The Kier molecular flexibility index (Phi) is 6.52. The fraction of sp³-hybridized carbons (Fsp3) is 0.478. The lowest BCUT2D eigenvalue weighted by molar-refractivity contribution is 0.128. The van der Waals surface area contributed by atoms with Crippen LogP contribution in [0.25, 0.3) is 22.6 Å². The molecule has 0 aromatic carbocycles. The number of amides is 2. The third-order valence-electron chi connectivity index (χ3n) is 6.03. The molecule has 0 radical (unpaired) electrons. The number of carbonyl (C=O) groups is 1. The van der Waals surface area contributed by atoms with Crippen molar-refractivity contribution >= 4 is 11.7 Å². The predicted molar refractivity (Wildman–Crippen MR) is 125 cm³/mol. The lowest BCUT2D eigenvalue weighted by atomic mass is 9.75. The summed E-state index contributed by atoms with van der Waals surface area (Å²) < 4.78 is 5.42. The topological polar surface area (TPSA) is 122 Å². The van der Waals surface area contributed by atoms with Crippen LogP contribution in [0.4, 0.5) is 10.5 Å². The number of nitrogens with zero attached hydrogens (tertiary/aromatic N) is 6. The van der Waals surface area contributed by atoms with E-state index in [1.165, 1.54) is 0 Å². The number of piperidine rings is 1. The molecule has 2 amide bonds. The zero-order valence-corrected chi connectivity index (χ0v) is 19.5. The Balaban J connectivity index is 1.53. The van der Waals surface area contributed by atoms with E-state index in [9.17, 15) is 4.79 Å². The fourth-order valence-electron chi connectivity index (χ4n) is 4.11. The molecule has 1 aliphatic heterocycles. The summed E-state index contributed by atoms with van der Waals surface area (Å²) in [5.74, 6) is 1.55. The Morgan fingerprint density at radius 3 is 2.61 bits per heavy atom. The second kappa shape index (κ2) is 9.51. The van der Waals surface area contributed by atoms with Crippen molar-refractivity contribution < 1.29 is 9.53 Å². The minimum absolute atomic E-state index is 0.126. The first kappa shape index (κ1) is 22.6. The van der Waals surface area contributed by atoms with Crippen LogP contribution in [-0.4, -0.2) is 61.2 Å². The summed E-state index contributed by atoms with van der Waals surface area (Å²) in [6.45, 7) is 10.7. The Labute approximate surface area is 193 Å². The van der Waals surface area contributed by atoms with Gasteiger partial charge >= 0.3 is 6.03 Å². The summed E-state index contributed by atoms with van der Waals surface area (Å²) >= 11 is 0. The fourth-order valence-corrected chi connectivity index (χ4v) is 4.11. The molecule has 0 aliphatic carbocycles. The van der Waals surface area contributed by atoms with Crippen LogP contribution in [0.2, 0.25) is 0 Å². The SMILES string of the molecule is CCOc1ccc(-c2ncc(NC(=O)N3CCC(C(C)(C)C)CC3)cc2-c2nn[nH]n2)cn1. The summed E-state index contributed by atoms with van der Waals surface area (Å²) in [7, 11) is 0. The minimum atomic E-state index is -0.126. The van der Waals surface area contributed by atoms with E-state index in [4.69, 9.17) is 4.74 Å². The van der Waals surface area contributed by atoms with Crippen LogP contribution < -0.4 is 10.1 Å². The molecular formula is C23H30N8O2. The van der Waals surface area contributed by atoms with Gasteiger partial charge in [0.25, 0.3) is 0 Å². The minimum Gasteiger partial charge on any atom is -0.478 e. The smallest absolute Gasteiger partial charge is 0.321 e. The lowest BCUT2D eigenvalue weighted by Gasteiger charge is -2.38. The van der Waals surface area contributed by atoms with Crippen molar-refractivity contribution in [3.63, 3.8) is 0 Å². The van der Waals surface area contributed by atoms with E-state index in [0.29, 0.717) is 41.2 Å². The maximum atomic E-state index is 12.9. The van der Waals surface area contributed by atoms with Gasteiger partial charge in [-0.1, -0.05) is 20.8 Å². The molecule has 1 aliphatic rings. The van der Waals surface area contributed by atoms with Crippen LogP contribution in [-0.2, 0) is 0 Å². The maximum Gasteiger partial charge on any atom is 0.321 e. The molecule has 0 spiro atoms. The first-order valence-corrected chi connectivity index (χ1v) is 11.2. The highest BCUT2D eigenvalue weighted by atomic mass is 16.5. The van der Waals surface area contributed by atoms with Crippen molar-refractivity contribution in [3.05, 3.63) is 30.6 Å². The van der Waals surface area contributed by atoms with Crippen molar-refractivity contribution in [3.8, 4) is 28.5 Å². The van der Waals surface area contributed by atoms with Crippen molar-refractivity contribution in [1.82, 2.24) is 35.5 Å². The zero-order chi connectivity index (χ0) is 23.4. The Bertz CT molecular complexity index is 1070. The van der Waals surface area contributed by atoms with Gasteiger partial charge in [0.05, 0.1) is 29.7 Å². The van der Waals surface area contributed by atoms with Gasteiger partial charge in [-0.3, -0.25) is 4.98 Å². The highest BCUT2D eigenvalue weighted by molar-refractivity contribution is 5.91. The Morgan fingerprint density at radius 1 is 1.21 bits per heavy atom. The molecule has 3 aromatic rings. The number of rotatable bonds is 5. The lowest BCUT2D eigenvalue weighted by Crippen LogP contribution is -2.43. The summed E-state index contributed by atoms with van der Waals surface area (Å²) in [6.07, 6.45) is 5.34. The van der Waals surface area contributed by atoms with Gasteiger partial charge in [-0.25, -0.2) is 9.78 Å². The van der Waals surface area contributed by atoms with Crippen LogP contribution in [0.3, 0.4) is 0 Å². The van der Waals surface area contributed by atoms with Gasteiger partial charge in [-0.05, 0) is 48.4 Å². The van der Waals surface area contributed by atoms with E-state index < -0.39 is 0 Å². The normalized spacial score (nSPS) is 14.8. The molecule has 174 valence electrons. The third-order valence-corrected chi connectivity index (χ3v) is 6.03. The van der Waals surface area contributed by atoms with Gasteiger partial charge in [0, 0.05) is 30.9 Å². The van der Waals surface area contributed by atoms with Gasteiger partial charge in [0.15, 0.2) is 0 Å². The molecule has 3 aromatic heterocycles. The second-order valence-electron chi connectivity index (χ2n) is 9.23. The van der Waals surface area contributed by atoms with E-state index in [1.807, 2.05) is 24.0 Å². The predicted octanol–water partition coefficient (Wildman–Crippen LogP) is 4.01. The number of urea groups is 1. The van der Waals surface area contributed by atoms with Crippen LogP contribution in [0.5, 0.6) is 5.88 Å². The summed E-state index contributed by atoms with van der Waals surface area (Å²) in [5, 5.41) is 17.3. The van der Waals surface area contributed by atoms with Crippen LogP contribution >= 0.6 is 0 Å². The number of H-pyrrole nitrogens is 1. The first-order chi connectivity index (χ1) is 15.8. The Hall–Kier alpha value is -3.56. The molecular weight excluding hydrogens is 420 g/mol. The van der Waals surface area contributed by atoms with Crippen molar-refractivity contribution in [1.29, 1.82) is 0 Å². The third kappa shape index (κ3) is 5.27. The number of anilines is 1. The number of nitrogens with one attached hydrogen (secondary N) is 2. The number of tetrazole rings is 1. The van der Waals surface area contributed by atoms with Crippen molar-refractivity contribution in [2.45, 2.75) is 40.5 Å². The second-order valence-corrected chi connectivity index (χ2v) is 9.23. The number of ether oxygens (including phenoxy) is 1. The molecule has 2 N–H and O–H groups in total. The number of carbonyl (C=O) groups excluding carboxylic acids is 1. The molecule has 0 unspecified atom stereocenters. The van der Waals surface area contributed by atoms with Gasteiger partial charge in [0.2, 0.25) is 11.7 Å². The standard InChI is InChI=1S/C23H30N8O2/c1-5-33-19-7-6-15(13-24-19)20-18(21-27-29-30-28-21)12-17(14-25-20)26-22(32)31-10-8-16(9-11-31)23(2,3)4/h6-7,12-14,16H,5,8-11H2,1-4H3,(H,26,32)(H,27,28,29,30). The summed E-state index contributed by atoms with van der Waals surface area (Å²) in [5.41, 5.74) is 2.88. The number of aromatic nitrogens is 6. The summed E-state index contributed by atoms with van der Waals surface area (Å²) in [6, 6.07) is 5.35. The maximum absolute atomic E-state index is 12.9. The van der Waals surface area contributed by atoms with Gasteiger partial charge in [-0.15, -0.1) is 10.2 Å². The average molecular weight is 451 g/mol. The highest BCUT2D eigenvalue weighted by Gasteiger charge is 2.30. The average Bonchev–Trinajstić information content (AvgIpc) is 3.34. The molecule has 0 atom stereocenters. The van der Waals surface area contributed by atoms with E-state index in [1.54, 1.807) is 18.5 Å². The monoisotopic (exact) mass is 450 g/mol. The van der Waals surface area contributed by atoms with Gasteiger partial charge < -0.3 is 15.0 Å². The van der Waals surface area contributed by atoms with Crippen LogP contribution in [0.1, 0.15) is 40.5 Å². The molecule has 1 saturated heterocycles. The largest absolute Gasteiger partial charge is 0.478 e. The molecule has 10 heteroatoms. The molecule has 10 nitrogen and oxygen atoms in total. The van der Waals surface area contributed by atoms with E-state index >= 15 is 0 Å². The zero-order valence-electron chi connectivity index (χ0n) is 19.5. The molecule has 0 saturated carbocycles. The molecule has 0 bridgehead atoms. The van der Waals surface area contributed by atoms with E-state index in [2.05, 4.69) is 56.7 Å². The quantitative estimate of drug-likeness (QED) is 0.602. The first-order valence-electron chi connectivity index (χ1n) is 11.2. The number of pyridine rings is 2. The van der Waals surface area contributed by atoms with Gasteiger partial charge in [-0.2, -0.15) is 5.21 Å². The van der Waals surface area contributed by atoms with Crippen molar-refractivity contribution in [2.24, 2.45) is 11.3 Å². The highest BCUT2D eigenvalue weighted by Crippen LogP contribution is 2.35. The van der Waals surface area contributed by atoms with Crippen LogP contribution in [0.15, 0.2) is 30.6 Å².